The fraction of sp³-hybridized carbons (Fsp3) is 0.438. The highest BCUT2D eigenvalue weighted by Gasteiger charge is 2.30. The van der Waals surface area contributed by atoms with Gasteiger partial charge in [0.1, 0.15) is 0 Å². The van der Waals surface area contributed by atoms with Gasteiger partial charge in [0.05, 0.1) is 5.60 Å². The molecule has 0 atom stereocenters. The first-order valence-corrected chi connectivity index (χ1v) is 7.92. The summed E-state index contributed by atoms with van der Waals surface area (Å²) in [6.45, 7) is 3.30. The van der Waals surface area contributed by atoms with E-state index in [1.165, 1.54) is 11.8 Å². The maximum Gasteiger partial charge on any atom is 0.186 e. The number of rotatable bonds is 4. The van der Waals surface area contributed by atoms with Crippen molar-refractivity contribution >= 4 is 23.0 Å². The maximum absolute atomic E-state index is 10.8. The summed E-state index contributed by atoms with van der Waals surface area (Å²) >= 11 is 1.30. The third-order valence-corrected chi connectivity index (χ3v) is 4.34. The van der Waals surface area contributed by atoms with E-state index in [0.29, 0.717) is 5.75 Å². The number of thioether (sulfide) groups is 1. The molecule has 0 amide bonds. The average Bonchev–Trinajstić information content (AvgIpc) is 2.45. The first-order valence-electron chi connectivity index (χ1n) is 6.94. The van der Waals surface area contributed by atoms with E-state index in [-0.39, 0.29) is 5.12 Å². The Labute approximate surface area is 124 Å². The third kappa shape index (κ3) is 4.20. The summed E-state index contributed by atoms with van der Waals surface area (Å²) in [5.41, 5.74) is 1.41. The van der Waals surface area contributed by atoms with Gasteiger partial charge in [0.25, 0.3) is 0 Å². The van der Waals surface area contributed by atoms with Crippen LogP contribution in [0.5, 0.6) is 0 Å². The molecule has 2 N–H and O–H groups in total. The van der Waals surface area contributed by atoms with Crippen molar-refractivity contribution in [2.45, 2.75) is 25.4 Å². The highest BCUT2D eigenvalue weighted by molar-refractivity contribution is 8.13. The molecule has 0 spiro atoms. The van der Waals surface area contributed by atoms with Crippen LogP contribution in [0.2, 0.25) is 0 Å². The van der Waals surface area contributed by atoms with Crippen molar-refractivity contribution in [1.29, 1.82) is 0 Å². The van der Waals surface area contributed by atoms with Crippen molar-refractivity contribution < 1.29 is 9.90 Å². The van der Waals surface area contributed by atoms with E-state index < -0.39 is 5.60 Å². The first kappa shape index (κ1) is 15.3. The van der Waals surface area contributed by atoms with Gasteiger partial charge in [-0.25, -0.2) is 0 Å². The van der Waals surface area contributed by atoms with E-state index >= 15 is 0 Å². The Balaban J connectivity index is 1.97. The molecule has 3 nitrogen and oxygen atoms in total. The first-order chi connectivity index (χ1) is 9.60. The molecule has 0 aliphatic carbocycles. The molecule has 0 bridgehead atoms. The molecule has 1 aliphatic heterocycles. The summed E-state index contributed by atoms with van der Waals surface area (Å²) in [6.07, 6.45) is 5.52. The van der Waals surface area contributed by atoms with E-state index in [1.807, 2.05) is 36.4 Å². The van der Waals surface area contributed by atoms with Gasteiger partial charge in [-0.2, -0.15) is 0 Å². The lowest BCUT2D eigenvalue weighted by Gasteiger charge is -2.33. The average molecular weight is 291 g/mol. The van der Waals surface area contributed by atoms with Gasteiger partial charge in [-0.15, -0.1) is 0 Å². The molecule has 20 heavy (non-hydrogen) atoms. The minimum atomic E-state index is -0.683. The van der Waals surface area contributed by atoms with Crippen molar-refractivity contribution in [3.05, 3.63) is 41.5 Å². The van der Waals surface area contributed by atoms with Crippen LogP contribution < -0.4 is 5.32 Å². The Morgan fingerprint density at radius 1 is 1.35 bits per heavy atom. The van der Waals surface area contributed by atoms with E-state index in [2.05, 4.69) is 5.32 Å². The summed E-state index contributed by atoms with van der Waals surface area (Å²) in [6, 6.07) is 8.04. The summed E-state index contributed by atoms with van der Waals surface area (Å²) in [4.78, 5) is 10.8. The molecule has 0 radical (unpaired) electrons. The lowest BCUT2D eigenvalue weighted by molar-refractivity contribution is -0.109. The van der Waals surface area contributed by atoms with Crippen molar-refractivity contribution in [3.8, 4) is 0 Å². The fourth-order valence-corrected chi connectivity index (χ4v) is 2.81. The monoisotopic (exact) mass is 291 g/mol. The van der Waals surface area contributed by atoms with Crippen LogP contribution in [0.15, 0.2) is 30.3 Å². The Morgan fingerprint density at radius 3 is 2.60 bits per heavy atom. The van der Waals surface area contributed by atoms with Crippen LogP contribution in [0.3, 0.4) is 0 Å². The Morgan fingerprint density at radius 2 is 2.00 bits per heavy atom. The quantitative estimate of drug-likeness (QED) is 0.895. The van der Waals surface area contributed by atoms with Crippen LogP contribution in [0, 0.1) is 0 Å². The Hall–Kier alpha value is -1.10. The topological polar surface area (TPSA) is 49.3 Å². The van der Waals surface area contributed by atoms with E-state index in [9.17, 15) is 9.90 Å². The van der Waals surface area contributed by atoms with Gasteiger partial charge in [-0.1, -0.05) is 48.2 Å². The summed E-state index contributed by atoms with van der Waals surface area (Å²) < 4.78 is 0. The number of hydrogen-bond acceptors (Lipinski definition) is 4. The van der Waals surface area contributed by atoms with Crippen LogP contribution in [-0.2, 0) is 10.4 Å². The second-order valence-corrected chi connectivity index (χ2v) is 6.31. The molecule has 1 heterocycles. The van der Waals surface area contributed by atoms with Crippen LogP contribution >= 0.6 is 11.8 Å². The molecule has 0 aromatic heterocycles. The van der Waals surface area contributed by atoms with Gasteiger partial charge >= 0.3 is 0 Å². The Kier molecular flexibility index (Phi) is 5.40. The molecular weight excluding hydrogens is 270 g/mol. The molecule has 4 heteroatoms. The van der Waals surface area contributed by atoms with Crippen molar-refractivity contribution in [1.82, 2.24) is 5.32 Å². The molecule has 1 aromatic carbocycles. The summed E-state index contributed by atoms with van der Waals surface area (Å²) in [5, 5.41) is 14.0. The lowest BCUT2D eigenvalue weighted by atomic mass is 9.85. The highest BCUT2D eigenvalue weighted by Crippen LogP contribution is 2.30. The van der Waals surface area contributed by atoms with Crippen LogP contribution in [0.25, 0.3) is 6.08 Å². The normalized spacial score (nSPS) is 18.3. The fourth-order valence-electron chi connectivity index (χ4n) is 2.38. The zero-order valence-electron chi connectivity index (χ0n) is 11.8. The number of aliphatic hydroxyl groups is 1. The molecule has 2 rings (SSSR count). The third-order valence-electron chi connectivity index (χ3n) is 3.57. The van der Waals surface area contributed by atoms with Gasteiger partial charge < -0.3 is 10.4 Å². The van der Waals surface area contributed by atoms with E-state index in [0.717, 1.165) is 37.1 Å². The lowest BCUT2D eigenvalue weighted by Crippen LogP contribution is -2.39. The van der Waals surface area contributed by atoms with Gasteiger partial charge in [-0.3, -0.25) is 4.79 Å². The molecule has 1 aromatic rings. The number of hydrogen-bond donors (Lipinski definition) is 2. The van der Waals surface area contributed by atoms with E-state index in [1.54, 1.807) is 6.92 Å². The number of piperidine rings is 1. The highest BCUT2D eigenvalue weighted by atomic mass is 32.2. The summed E-state index contributed by atoms with van der Waals surface area (Å²) in [7, 11) is 0. The van der Waals surface area contributed by atoms with Gasteiger partial charge in [0, 0.05) is 12.7 Å². The second kappa shape index (κ2) is 7.07. The second-order valence-electron chi connectivity index (χ2n) is 5.11. The van der Waals surface area contributed by atoms with Crippen molar-refractivity contribution in [3.63, 3.8) is 0 Å². The number of nitrogens with one attached hydrogen (secondary N) is 1. The smallest absolute Gasteiger partial charge is 0.186 e. The van der Waals surface area contributed by atoms with E-state index in [4.69, 9.17) is 0 Å². The predicted molar refractivity (Wildman–Crippen MR) is 84.6 cm³/mol. The molecule has 1 aliphatic rings. The molecular formula is C16H21NO2S. The van der Waals surface area contributed by atoms with Crippen molar-refractivity contribution in [2.24, 2.45) is 0 Å². The SMILES string of the molecule is CC(=O)SCC=Cc1ccc(C2(O)CCNCC2)cc1. The molecule has 0 unspecified atom stereocenters. The van der Waals surface area contributed by atoms with Crippen LogP contribution in [0.4, 0.5) is 0 Å². The molecule has 0 saturated carbocycles. The molecule has 1 fully saturated rings. The van der Waals surface area contributed by atoms with Gasteiger partial charge in [0.2, 0.25) is 0 Å². The number of carbonyl (C=O) groups excluding carboxylic acids is 1. The minimum absolute atomic E-state index is 0.137. The predicted octanol–water partition coefficient (Wildman–Crippen LogP) is 2.55. The number of benzene rings is 1. The molecule has 108 valence electrons. The van der Waals surface area contributed by atoms with Gasteiger partial charge in [0.15, 0.2) is 5.12 Å². The molecule has 1 saturated heterocycles. The van der Waals surface area contributed by atoms with Gasteiger partial charge in [-0.05, 0) is 37.1 Å². The minimum Gasteiger partial charge on any atom is -0.385 e. The number of carbonyl (C=O) groups is 1. The largest absolute Gasteiger partial charge is 0.385 e. The van der Waals surface area contributed by atoms with Crippen LogP contribution in [0.1, 0.15) is 30.9 Å². The van der Waals surface area contributed by atoms with Crippen LogP contribution in [-0.4, -0.2) is 29.1 Å². The summed E-state index contributed by atoms with van der Waals surface area (Å²) in [5.74, 6) is 0.701. The standard InChI is InChI=1S/C16H21NO2S/c1-13(18)20-12-2-3-14-4-6-15(7-5-14)16(19)8-10-17-11-9-16/h2-7,17,19H,8-12H2,1H3. The zero-order chi connectivity index (χ0) is 14.4. The Bertz CT molecular complexity index is 476. The zero-order valence-corrected chi connectivity index (χ0v) is 12.6. The van der Waals surface area contributed by atoms with Crippen molar-refractivity contribution in [2.75, 3.05) is 18.8 Å². The maximum atomic E-state index is 10.8.